The number of anilines is 1. The summed E-state index contributed by atoms with van der Waals surface area (Å²) in [5.41, 5.74) is 2.09. The van der Waals surface area contributed by atoms with Crippen molar-refractivity contribution in [2.45, 2.75) is 77.7 Å². The Morgan fingerprint density at radius 1 is 1.00 bits per heavy atom. The largest absolute Gasteiger partial charge is 0.481 e. The van der Waals surface area contributed by atoms with Gasteiger partial charge >= 0.3 is 0 Å². The van der Waals surface area contributed by atoms with E-state index in [0.29, 0.717) is 12.3 Å². The first-order valence-corrected chi connectivity index (χ1v) is 12.0. The van der Waals surface area contributed by atoms with Crippen LogP contribution in [0.15, 0.2) is 60.9 Å². The van der Waals surface area contributed by atoms with E-state index in [1.165, 1.54) is 24.8 Å². The molecule has 0 saturated carbocycles. The van der Waals surface area contributed by atoms with Crippen molar-refractivity contribution in [3.05, 3.63) is 66.5 Å². The average molecular weight is 433 g/mol. The van der Waals surface area contributed by atoms with Crippen molar-refractivity contribution in [3.63, 3.8) is 0 Å². The summed E-state index contributed by atoms with van der Waals surface area (Å²) in [5, 5.41) is 5.09. The molecule has 170 valence electrons. The lowest BCUT2D eigenvalue weighted by atomic mass is 9.99. The Morgan fingerprint density at radius 3 is 2.53 bits per heavy atom. The van der Waals surface area contributed by atoms with Gasteiger partial charge in [-0.15, -0.1) is 0 Å². The molecule has 4 heteroatoms. The zero-order valence-corrected chi connectivity index (χ0v) is 19.6. The Kier molecular flexibility index (Phi) is 9.09. The Morgan fingerprint density at radius 2 is 1.78 bits per heavy atom. The second-order valence-electron chi connectivity index (χ2n) is 8.58. The van der Waals surface area contributed by atoms with Crippen molar-refractivity contribution in [1.29, 1.82) is 0 Å². The molecule has 2 atom stereocenters. The molecule has 2 unspecified atom stereocenters. The van der Waals surface area contributed by atoms with Crippen molar-refractivity contribution in [2.75, 3.05) is 5.32 Å². The first kappa shape index (κ1) is 23.8. The molecule has 3 rings (SSSR count). The molecule has 1 heterocycles. The number of carbonyl (C=O) groups is 1. The van der Waals surface area contributed by atoms with E-state index in [1.807, 2.05) is 42.6 Å². The van der Waals surface area contributed by atoms with E-state index in [2.05, 4.69) is 43.2 Å². The highest BCUT2D eigenvalue weighted by Gasteiger charge is 2.21. The number of pyridine rings is 1. The number of amides is 1. The molecule has 0 aliphatic heterocycles. The van der Waals surface area contributed by atoms with Crippen molar-refractivity contribution in [3.8, 4) is 5.75 Å². The summed E-state index contributed by atoms with van der Waals surface area (Å²) < 4.78 is 6.21. The number of fused-ring (bicyclic) bond motifs is 1. The van der Waals surface area contributed by atoms with Gasteiger partial charge in [0, 0.05) is 28.9 Å². The van der Waals surface area contributed by atoms with E-state index >= 15 is 0 Å². The van der Waals surface area contributed by atoms with Gasteiger partial charge in [0.1, 0.15) is 5.75 Å². The summed E-state index contributed by atoms with van der Waals surface area (Å²) >= 11 is 0. The van der Waals surface area contributed by atoms with Gasteiger partial charge in [-0.1, -0.05) is 70.7 Å². The minimum atomic E-state index is -0.525. The fraction of sp³-hybridized carbons (Fsp3) is 0.429. The molecule has 0 radical (unpaired) electrons. The highest BCUT2D eigenvalue weighted by atomic mass is 16.5. The number of carbonyl (C=O) groups excluding carboxylic acids is 1. The molecule has 0 saturated heterocycles. The van der Waals surface area contributed by atoms with Gasteiger partial charge in [0.15, 0.2) is 6.10 Å². The molecular weight excluding hydrogens is 396 g/mol. The van der Waals surface area contributed by atoms with Crippen LogP contribution in [0.2, 0.25) is 0 Å². The van der Waals surface area contributed by atoms with Crippen LogP contribution in [-0.4, -0.2) is 17.0 Å². The van der Waals surface area contributed by atoms with Crippen LogP contribution in [0.1, 0.15) is 77.2 Å². The quantitative estimate of drug-likeness (QED) is 0.302. The fourth-order valence-electron chi connectivity index (χ4n) is 3.90. The fourth-order valence-corrected chi connectivity index (χ4v) is 3.90. The molecule has 2 aromatic carbocycles. The lowest BCUT2D eigenvalue weighted by molar-refractivity contribution is -0.123. The van der Waals surface area contributed by atoms with Crippen LogP contribution >= 0.6 is 0 Å². The van der Waals surface area contributed by atoms with E-state index in [1.54, 1.807) is 6.20 Å². The maximum atomic E-state index is 13.3. The van der Waals surface area contributed by atoms with Crippen LogP contribution < -0.4 is 10.1 Å². The standard InChI is InChI=1S/C28H36N2O2/c1-4-6-7-8-9-13-27(32-24-16-14-22(15-17-24)21(3)5-2)28(31)30-26-12-10-11-23-20-29-19-18-25(23)26/h10-12,14-21,27H,4-9,13H2,1-3H3,(H,30,31). The molecule has 1 amide bonds. The van der Waals surface area contributed by atoms with E-state index in [0.717, 1.165) is 41.5 Å². The molecule has 1 aromatic heterocycles. The Balaban J connectivity index is 1.72. The van der Waals surface area contributed by atoms with Crippen LogP contribution in [0.5, 0.6) is 5.75 Å². The Bertz CT molecular complexity index is 979. The number of aromatic nitrogens is 1. The molecule has 0 spiro atoms. The normalized spacial score (nSPS) is 13.0. The zero-order valence-electron chi connectivity index (χ0n) is 19.6. The number of hydrogen-bond acceptors (Lipinski definition) is 3. The Labute approximate surface area is 192 Å². The Hall–Kier alpha value is -2.88. The first-order valence-electron chi connectivity index (χ1n) is 12.0. The summed E-state index contributed by atoms with van der Waals surface area (Å²) in [4.78, 5) is 17.4. The van der Waals surface area contributed by atoms with E-state index in [-0.39, 0.29) is 5.91 Å². The highest BCUT2D eigenvalue weighted by Crippen LogP contribution is 2.25. The van der Waals surface area contributed by atoms with Gasteiger partial charge in [0.2, 0.25) is 0 Å². The van der Waals surface area contributed by atoms with Gasteiger partial charge in [0.25, 0.3) is 5.91 Å². The van der Waals surface area contributed by atoms with Crippen molar-refractivity contribution >= 4 is 22.4 Å². The summed E-state index contributed by atoms with van der Waals surface area (Å²) in [6.07, 6.45) is 10.6. The van der Waals surface area contributed by atoms with Gasteiger partial charge < -0.3 is 10.1 Å². The monoisotopic (exact) mass is 432 g/mol. The van der Waals surface area contributed by atoms with E-state index < -0.39 is 6.10 Å². The molecule has 1 N–H and O–H groups in total. The predicted molar refractivity (Wildman–Crippen MR) is 133 cm³/mol. The third-order valence-electron chi connectivity index (χ3n) is 6.14. The summed E-state index contributed by atoms with van der Waals surface area (Å²) in [7, 11) is 0. The van der Waals surface area contributed by atoms with Gasteiger partial charge in [-0.2, -0.15) is 0 Å². The minimum absolute atomic E-state index is 0.101. The van der Waals surface area contributed by atoms with Gasteiger partial charge in [-0.05, 0) is 55.0 Å². The average Bonchev–Trinajstić information content (AvgIpc) is 2.83. The van der Waals surface area contributed by atoms with Crippen LogP contribution in [0.4, 0.5) is 5.69 Å². The third kappa shape index (κ3) is 6.56. The maximum Gasteiger partial charge on any atom is 0.265 e. The molecular formula is C28H36N2O2. The number of nitrogens with zero attached hydrogens (tertiary/aromatic N) is 1. The molecule has 0 bridgehead atoms. The van der Waals surface area contributed by atoms with Gasteiger partial charge in [0.05, 0.1) is 0 Å². The molecule has 4 nitrogen and oxygen atoms in total. The van der Waals surface area contributed by atoms with Crippen molar-refractivity contribution < 1.29 is 9.53 Å². The highest BCUT2D eigenvalue weighted by molar-refractivity contribution is 6.03. The number of unbranched alkanes of at least 4 members (excludes halogenated alkanes) is 4. The smallest absolute Gasteiger partial charge is 0.265 e. The number of nitrogens with one attached hydrogen (secondary N) is 1. The van der Waals surface area contributed by atoms with Gasteiger partial charge in [-0.25, -0.2) is 0 Å². The lowest BCUT2D eigenvalue weighted by Gasteiger charge is -2.20. The first-order chi connectivity index (χ1) is 15.6. The summed E-state index contributed by atoms with van der Waals surface area (Å²) in [5.74, 6) is 1.16. The van der Waals surface area contributed by atoms with Crippen LogP contribution in [0, 0.1) is 0 Å². The lowest BCUT2D eigenvalue weighted by Crippen LogP contribution is -2.33. The molecule has 3 aromatic rings. The van der Waals surface area contributed by atoms with Crippen LogP contribution in [0.3, 0.4) is 0 Å². The van der Waals surface area contributed by atoms with Crippen LogP contribution in [0.25, 0.3) is 10.8 Å². The van der Waals surface area contributed by atoms with E-state index in [9.17, 15) is 4.79 Å². The van der Waals surface area contributed by atoms with E-state index in [4.69, 9.17) is 4.74 Å². The molecule has 0 fully saturated rings. The minimum Gasteiger partial charge on any atom is -0.481 e. The topological polar surface area (TPSA) is 51.2 Å². The zero-order chi connectivity index (χ0) is 22.8. The van der Waals surface area contributed by atoms with Crippen molar-refractivity contribution in [2.24, 2.45) is 0 Å². The summed E-state index contributed by atoms with van der Waals surface area (Å²) in [6, 6.07) is 16.0. The number of hydrogen-bond donors (Lipinski definition) is 1. The SMILES string of the molecule is CCCCCCCC(Oc1ccc(C(C)CC)cc1)C(=O)Nc1cccc2cnccc12. The number of rotatable bonds is 12. The predicted octanol–water partition coefficient (Wildman–Crippen LogP) is 7.49. The molecule has 0 aliphatic carbocycles. The van der Waals surface area contributed by atoms with Crippen LogP contribution in [-0.2, 0) is 4.79 Å². The second-order valence-corrected chi connectivity index (χ2v) is 8.58. The summed E-state index contributed by atoms with van der Waals surface area (Å²) in [6.45, 7) is 6.63. The third-order valence-corrected chi connectivity index (χ3v) is 6.14. The number of benzene rings is 2. The van der Waals surface area contributed by atoms with Crippen molar-refractivity contribution in [1.82, 2.24) is 4.98 Å². The number of ether oxygens (including phenoxy) is 1. The second kappa shape index (κ2) is 12.2. The van der Waals surface area contributed by atoms with Gasteiger partial charge in [-0.3, -0.25) is 9.78 Å². The molecule has 32 heavy (non-hydrogen) atoms. The maximum absolute atomic E-state index is 13.3. The molecule has 0 aliphatic rings.